The molecule has 0 unspecified atom stereocenters. The number of para-hydroxylation sites is 1. The van der Waals surface area contributed by atoms with Gasteiger partial charge in [-0.2, -0.15) is 0 Å². The van der Waals surface area contributed by atoms with E-state index in [0.29, 0.717) is 30.2 Å². The number of thiophene rings is 1. The van der Waals surface area contributed by atoms with Crippen LogP contribution in [-0.2, 0) is 6.54 Å². The number of rotatable bonds is 9. The Morgan fingerprint density at radius 3 is 2.70 bits per heavy atom. The largest absolute Gasteiger partial charge is 0.493 e. The number of amides is 2. The van der Waals surface area contributed by atoms with Crippen LogP contribution in [-0.4, -0.2) is 47.6 Å². The second-order valence-electron chi connectivity index (χ2n) is 6.37. The van der Waals surface area contributed by atoms with Gasteiger partial charge in [0.25, 0.3) is 11.8 Å². The van der Waals surface area contributed by atoms with E-state index in [1.54, 1.807) is 35.7 Å². The molecule has 0 aliphatic carbocycles. The second-order valence-corrected chi connectivity index (χ2v) is 7.35. The Balaban J connectivity index is 1.53. The van der Waals surface area contributed by atoms with Crippen molar-refractivity contribution in [3.8, 4) is 11.5 Å². The highest BCUT2D eigenvalue weighted by molar-refractivity contribution is 7.10. The average Bonchev–Trinajstić information content (AvgIpc) is 3.45. The molecule has 2 N–H and O–H groups in total. The van der Waals surface area contributed by atoms with E-state index in [1.807, 2.05) is 24.4 Å². The maximum absolute atomic E-state index is 12.5. The van der Waals surface area contributed by atoms with Gasteiger partial charge in [-0.3, -0.25) is 9.59 Å². The smallest absolute Gasteiger partial charge is 0.273 e. The number of methoxy groups -OCH3 is 2. The van der Waals surface area contributed by atoms with E-state index in [1.165, 1.54) is 18.9 Å². The predicted octanol–water partition coefficient (Wildman–Crippen LogP) is 2.28. The van der Waals surface area contributed by atoms with Gasteiger partial charge >= 0.3 is 0 Å². The molecular formula is C20H23N5O4S. The lowest BCUT2D eigenvalue weighted by molar-refractivity contribution is 0.0930. The summed E-state index contributed by atoms with van der Waals surface area (Å²) < 4.78 is 12.0. The van der Waals surface area contributed by atoms with Gasteiger partial charge < -0.3 is 20.1 Å². The lowest BCUT2D eigenvalue weighted by atomic mass is 10.1. The number of ether oxygens (including phenoxy) is 2. The van der Waals surface area contributed by atoms with E-state index in [2.05, 4.69) is 20.9 Å². The Labute approximate surface area is 178 Å². The third-order valence-electron chi connectivity index (χ3n) is 4.36. The summed E-state index contributed by atoms with van der Waals surface area (Å²) in [4.78, 5) is 25.9. The van der Waals surface area contributed by atoms with Crippen molar-refractivity contribution < 1.29 is 19.1 Å². The molecule has 2 aromatic heterocycles. The molecule has 3 rings (SSSR count). The van der Waals surface area contributed by atoms with Crippen LogP contribution in [0.25, 0.3) is 0 Å². The minimum Gasteiger partial charge on any atom is -0.493 e. The molecule has 0 spiro atoms. The highest BCUT2D eigenvalue weighted by atomic mass is 32.1. The van der Waals surface area contributed by atoms with Crippen molar-refractivity contribution >= 4 is 23.2 Å². The lowest BCUT2D eigenvalue weighted by Crippen LogP contribution is -2.28. The van der Waals surface area contributed by atoms with Gasteiger partial charge in [0.15, 0.2) is 17.2 Å². The average molecular weight is 430 g/mol. The summed E-state index contributed by atoms with van der Waals surface area (Å²) in [6, 6.07) is 8.89. The normalized spacial score (nSPS) is 11.6. The molecule has 0 radical (unpaired) electrons. The highest BCUT2D eigenvalue weighted by Gasteiger charge is 2.17. The Morgan fingerprint density at radius 1 is 1.17 bits per heavy atom. The summed E-state index contributed by atoms with van der Waals surface area (Å²) in [5.41, 5.74) is 0.595. The monoisotopic (exact) mass is 429 g/mol. The Bertz CT molecular complexity index is 1000. The van der Waals surface area contributed by atoms with Crippen LogP contribution in [0.3, 0.4) is 0 Å². The molecule has 2 heterocycles. The van der Waals surface area contributed by atoms with Crippen molar-refractivity contribution in [3.63, 3.8) is 0 Å². The number of nitrogens with zero attached hydrogens (tertiary/aromatic N) is 3. The third kappa shape index (κ3) is 4.95. The van der Waals surface area contributed by atoms with E-state index in [-0.39, 0.29) is 23.6 Å². The van der Waals surface area contributed by atoms with Gasteiger partial charge in [-0.1, -0.05) is 17.3 Å². The predicted molar refractivity (Wildman–Crippen MR) is 112 cm³/mol. The molecule has 158 valence electrons. The van der Waals surface area contributed by atoms with Crippen molar-refractivity contribution in [2.45, 2.75) is 19.5 Å². The van der Waals surface area contributed by atoms with Gasteiger partial charge in [0.2, 0.25) is 0 Å². The quantitative estimate of drug-likeness (QED) is 0.540. The fourth-order valence-electron chi connectivity index (χ4n) is 2.84. The molecule has 9 nitrogen and oxygen atoms in total. The number of carbonyl (C=O) groups is 2. The Hall–Kier alpha value is -3.40. The van der Waals surface area contributed by atoms with Crippen molar-refractivity contribution in [2.75, 3.05) is 20.8 Å². The van der Waals surface area contributed by atoms with Crippen LogP contribution in [0.5, 0.6) is 11.5 Å². The van der Waals surface area contributed by atoms with Crippen molar-refractivity contribution in [3.05, 3.63) is 58.0 Å². The molecule has 2 amide bonds. The summed E-state index contributed by atoms with van der Waals surface area (Å²) in [5, 5.41) is 15.5. The van der Waals surface area contributed by atoms with Gasteiger partial charge in [-0.25, -0.2) is 4.68 Å². The minimum absolute atomic E-state index is 0.111. The SMILES string of the molecule is COc1cccc(C(=O)NCCn2cc(C(=O)N[C@H](C)c3cccs3)nn2)c1OC. The van der Waals surface area contributed by atoms with E-state index in [9.17, 15) is 9.59 Å². The van der Waals surface area contributed by atoms with Crippen LogP contribution in [0.2, 0.25) is 0 Å². The first kappa shape index (κ1) is 21.3. The van der Waals surface area contributed by atoms with E-state index >= 15 is 0 Å². The highest BCUT2D eigenvalue weighted by Crippen LogP contribution is 2.30. The molecule has 0 fully saturated rings. The van der Waals surface area contributed by atoms with Gasteiger partial charge in [0, 0.05) is 11.4 Å². The molecule has 10 heteroatoms. The summed E-state index contributed by atoms with van der Waals surface area (Å²) >= 11 is 1.58. The van der Waals surface area contributed by atoms with E-state index in [4.69, 9.17) is 9.47 Å². The zero-order chi connectivity index (χ0) is 21.5. The van der Waals surface area contributed by atoms with Gasteiger partial charge in [-0.05, 0) is 30.5 Å². The first-order chi connectivity index (χ1) is 14.5. The van der Waals surface area contributed by atoms with Crippen molar-refractivity contribution in [2.24, 2.45) is 0 Å². The molecule has 0 aliphatic rings. The zero-order valence-corrected chi connectivity index (χ0v) is 17.7. The Morgan fingerprint density at radius 2 is 2.00 bits per heavy atom. The first-order valence-electron chi connectivity index (χ1n) is 9.27. The van der Waals surface area contributed by atoms with Crippen LogP contribution < -0.4 is 20.1 Å². The number of benzene rings is 1. The second kappa shape index (κ2) is 9.88. The number of hydrogen-bond donors (Lipinski definition) is 2. The number of nitrogens with one attached hydrogen (secondary N) is 2. The maximum atomic E-state index is 12.5. The lowest BCUT2D eigenvalue weighted by Gasteiger charge is -2.12. The van der Waals surface area contributed by atoms with Gasteiger partial charge in [0.05, 0.1) is 38.6 Å². The minimum atomic E-state index is -0.299. The molecule has 0 saturated carbocycles. The molecule has 0 bridgehead atoms. The van der Waals surface area contributed by atoms with E-state index in [0.717, 1.165) is 4.88 Å². The summed E-state index contributed by atoms with van der Waals surface area (Å²) in [6.07, 6.45) is 1.55. The van der Waals surface area contributed by atoms with Crippen molar-refractivity contribution in [1.29, 1.82) is 0 Å². The van der Waals surface area contributed by atoms with Crippen molar-refractivity contribution in [1.82, 2.24) is 25.6 Å². The molecule has 1 aromatic carbocycles. The van der Waals surface area contributed by atoms with Crippen LogP contribution in [0.1, 0.15) is 38.7 Å². The van der Waals surface area contributed by atoms with Gasteiger partial charge in [0.1, 0.15) is 0 Å². The molecule has 3 aromatic rings. The van der Waals surface area contributed by atoms with Gasteiger partial charge in [-0.15, -0.1) is 16.4 Å². The fourth-order valence-corrected chi connectivity index (χ4v) is 3.57. The summed E-state index contributed by atoms with van der Waals surface area (Å²) in [5.74, 6) is 0.256. The Kier molecular flexibility index (Phi) is 7.02. The molecule has 1 atom stereocenters. The third-order valence-corrected chi connectivity index (χ3v) is 5.42. The molecule has 0 saturated heterocycles. The summed E-state index contributed by atoms with van der Waals surface area (Å²) in [7, 11) is 3.00. The maximum Gasteiger partial charge on any atom is 0.273 e. The standard InChI is InChI=1S/C20H23N5O4S/c1-13(17-8-5-11-30-17)22-20(27)15-12-25(24-23-15)10-9-21-19(26)14-6-4-7-16(28-2)18(14)29-3/h4-8,11-13H,9-10H2,1-3H3,(H,21,26)(H,22,27)/t13-/m1/s1. The number of carbonyl (C=O) groups excluding carboxylic acids is 2. The topological polar surface area (TPSA) is 107 Å². The van der Waals surface area contributed by atoms with Crippen LogP contribution in [0, 0.1) is 0 Å². The zero-order valence-electron chi connectivity index (χ0n) is 16.9. The number of aromatic nitrogens is 3. The van der Waals surface area contributed by atoms with E-state index < -0.39 is 0 Å². The summed E-state index contributed by atoms with van der Waals surface area (Å²) in [6.45, 7) is 2.57. The molecule has 0 aliphatic heterocycles. The molecular weight excluding hydrogens is 406 g/mol. The fraction of sp³-hybridized carbons (Fsp3) is 0.300. The van der Waals surface area contributed by atoms with Crippen LogP contribution >= 0.6 is 11.3 Å². The first-order valence-corrected chi connectivity index (χ1v) is 10.1. The van der Waals surface area contributed by atoms with Crippen LogP contribution in [0.15, 0.2) is 41.9 Å². The molecule has 30 heavy (non-hydrogen) atoms. The number of hydrogen-bond acceptors (Lipinski definition) is 7. The van der Waals surface area contributed by atoms with Crippen LogP contribution in [0.4, 0.5) is 0 Å².